The number of halogens is 1. The van der Waals surface area contributed by atoms with E-state index in [1.54, 1.807) is 26.4 Å². The molecule has 0 saturated heterocycles. The molecule has 0 amide bonds. The molecule has 5 nitrogen and oxygen atoms in total. The number of hydrogen-bond donors (Lipinski definition) is 2. The minimum absolute atomic E-state index is 0.119. The number of phenolic OH excluding ortho intramolecular Hbond substituents is 1. The normalized spacial score (nSPS) is 13.2. The van der Waals surface area contributed by atoms with Crippen LogP contribution in [0.5, 0.6) is 23.0 Å². The summed E-state index contributed by atoms with van der Waals surface area (Å²) in [6, 6.07) is 7.19. The SMILES string of the molecule is COc1cc(-c2cc(OC)cc(C(C)(C)C)c2OP(O)Cl)c(O)c(C(C)(C)C)c1. The van der Waals surface area contributed by atoms with Gasteiger partial charge in [-0.3, -0.25) is 0 Å². The van der Waals surface area contributed by atoms with Crippen molar-refractivity contribution in [1.82, 2.24) is 0 Å². The highest BCUT2D eigenvalue weighted by atomic mass is 35.7. The van der Waals surface area contributed by atoms with E-state index < -0.39 is 7.73 Å². The fourth-order valence-electron chi connectivity index (χ4n) is 3.15. The van der Waals surface area contributed by atoms with Gasteiger partial charge in [-0.2, -0.15) is 0 Å². The van der Waals surface area contributed by atoms with Gasteiger partial charge >= 0.3 is 7.73 Å². The summed E-state index contributed by atoms with van der Waals surface area (Å²) in [6.07, 6.45) is 0. The molecular weight excluding hydrogens is 411 g/mol. The predicted octanol–water partition coefficient (Wildman–Crippen LogP) is 6.51. The second-order valence-electron chi connectivity index (χ2n) is 8.94. The molecule has 0 fully saturated rings. The van der Waals surface area contributed by atoms with Crippen LogP contribution in [0.4, 0.5) is 0 Å². The monoisotopic (exact) mass is 440 g/mol. The Labute approximate surface area is 179 Å². The zero-order valence-electron chi connectivity index (χ0n) is 18.3. The summed E-state index contributed by atoms with van der Waals surface area (Å²) in [5.41, 5.74) is 1.96. The molecule has 0 bridgehead atoms. The van der Waals surface area contributed by atoms with Crippen LogP contribution < -0.4 is 14.0 Å². The van der Waals surface area contributed by atoms with Crippen molar-refractivity contribution in [2.75, 3.05) is 14.2 Å². The minimum atomic E-state index is -2.19. The molecule has 0 spiro atoms. The molecule has 1 atom stereocenters. The van der Waals surface area contributed by atoms with E-state index in [9.17, 15) is 10.00 Å². The van der Waals surface area contributed by atoms with Crippen LogP contribution in [-0.2, 0) is 10.8 Å². The predicted molar refractivity (Wildman–Crippen MR) is 120 cm³/mol. The van der Waals surface area contributed by atoms with E-state index in [2.05, 4.69) is 0 Å². The Bertz CT molecular complexity index is 882. The number of ether oxygens (including phenoxy) is 2. The van der Waals surface area contributed by atoms with Crippen LogP contribution in [0.3, 0.4) is 0 Å². The van der Waals surface area contributed by atoms with Gasteiger partial charge in [-0.15, -0.1) is 0 Å². The lowest BCUT2D eigenvalue weighted by Crippen LogP contribution is -2.14. The Morgan fingerprint density at radius 1 is 0.793 bits per heavy atom. The highest BCUT2D eigenvalue weighted by molar-refractivity contribution is 7.75. The van der Waals surface area contributed by atoms with Gasteiger partial charge in [0.1, 0.15) is 23.0 Å². The van der Waals surface area contributed by atoms with Gasteiger partial charge in [-0.1, -0.05) is 41.5 Å². The standard InChI is InChI=1S/C22H30ClO5P/c1-21(2,3)17-11-13(26-7)9-15(19(17)24)16-10-14(27-8)12-18(22(4,5)6)20(16)28-29(23)25/h9-12,24-25H,1-8H3. The number of rotatable bonds is 5. The van der Waals surface area contributed by atoms with Crippen molar-refractivity contribution in [3.8, 4) is 34.1 Å². The third kappa shape index (κ3) is 5.28. The van der Waals surface area contributed by atoms with Crippen molar-refractivity contribution in [2.45, 2.75) is 52.4 Å². The minimum Gasteiger partial charge on any atom is -0.507 e. The van der Waals surface area contributed by atoms with Crippen LogP contribution in [0.15, 0.2) is 24.3 Å². The zero-order chi connectivity index (χ0) is 22.1. The van der Waals surface area contributed by atoms with Gasteiger partial charge in [-0.25, -0.2) is 0 Å². The quantitative estimate of drug-likeness (QED) is 0.519. The molecule has 160 valence electrons. The smallest absolute Gasteiger partial charge is 0.335 e. The molecule has 0 aliphatic heterocycles. The summed E-state index contributed by atoms with van der Waals surface area (Å²) in [6.45, 7) is 12.1. The average Bonchev–Trinajstić information content (AvgIpc) is 2.59. The van der Waals surface area contributed by atoms with Crippen molar-refractivity contribution < 1.29 is 24.0 Å². The molecule has 2 aromatic rings. The van der Waals surface area contributed by atoms with Crippen LogP contribution >= 0.6 is 19.0 Å². The summed E-state index contributed by atoms with van der Waals surface area (Å²) >= 11 is 5.85. The summed E-state index contributed by atoms with van der Waals surface area (Å²) in [5.74, 6) is 1.73. The lowest BCUT2D eigenvalue weighted by Gasteiger charge is -2.27. The van der Waals surface area contributed by atoms with Gasteiger partial charge in [0, 0.05) is 22.3 Å². The molecule has 0 aliphatic carbocycles. The first kappa shape index (κ1) is 23.6. The van der Waals surface area contributed by atoms with Crippen molar-refractivity contribution >= 4 is 19.0 Å². The summed E-state index contributed by atoms with van der Waals surface area (Å²) in [5, 5.41) is 11.2. The van der Waals surface area contributed by atoms with Crippen molar-refractivity contribution in [3.05, 3.63) is 35.4 Å². The highest BCUT2D eigenvalue weighted by Gasteiger charge is 2.29. The van der Waals surface area contributed by atoms with Gasteiger partial charge in [0.2, 0.25) is 0 Å². The Morgan fingerprint density at radius 3 is 1.66 bits per heavy atom. The summed E-state index contributed by atoms with van der Waals surface area (Å²) in [4.78, 5) is 9.84. The number of methoxy groups -OCH3 is 2. The number of aromatic hydroxyl groups is 1. The largest absolute Gasteiger partial charge is 0.507 e. The van der Waals surface area contributed by atoms with Crippen LogP contribution in [0.2, 0.25) is 0 Å². The second-order valence-corrected chi connectivity index (χ2v) is 10.4. The Morgan fingerprint density at radius 2 is 1.24 bits per heavy atom. The summed E-state index contributed by atoms with van der Waals surface area (Å²) < 4.78 is 16.7. The fraction of sp³-hybridized carbons (Fsp3) is 0.455. The van der Waals surface area contributed by atoms with E-state index in [0.29, 0.717) is 28.4 Å². The molecule has 2 rings (SSSR count). The Balaban J connectivity index is 2.96. The lowest BCUT2D eigenvalue weighted by molar-refractivity contribution is 0.405. The maximum absolute atomic E-state index is 11.2. The molecular formula is C22H30ClO5P. The Kier molecular flexibility index (Phi) is 6.99. The molecule has 0 aromatic heterocycles. The van der Waals surface area contributed by atoms with Gasteiger partial charge in [0.15, 0.2) is 0 Å². The maximum atomic E-state index is 11.2. The number of phenols is 1. The molecule has 2 aromatic carbocycles. The van der Waals surface area contributed by atoms with E-state index in [1.165, 1.54) is 0 Å². The molecule has 0 saturated carbocycles. The van der Waals surface area contributed by atoms with E-state index >= 15 is 0 Å². The maximum Gasteiger partial charge on any atom is 0.335 e. The van der Waals surface area contributed by atoms with Gasteiger partial charge in [-0.05, 0) is 46.3 Å². The van der Waals surface area contributed by atoms with Crippen molar-refractivity contribution in [2.24, 2.45) is 0 Å². The van der Waals surface area contributed by atoms with Crippen molar-refractivity contribution in [3.63, 3.8) is 0 Å². The molecule has 0 radical (unpaired) electrons. The second kappa shape index (κ2) is 8.59. The third-order valence-corrected chi connectivity index (χ3v) is 5.23. The van der Waals surface area contributed by atoms with E-state index in [0.717, 1.165) is 11.1 Å². The zero-order valence-corrected chi connectivity index (χ0v) is 19.9. The number of hydrogen-bond acceptors (Lipinski definition) is 5. The lowest BCUT2D eigenvalue weighted by atomic mass is 9.81. The molecule has 29 heavy (non-hydrogen) atoms. The van der Waals surface area contributed by atoms with Crippen LogP contribution in [0, 0.1) is 0 Å². The van der Waals surface area contributed by atoms with Crippen molar-refractivity contribution in [1.29, 1.82) is 0 Å². The first-order valence-corrected chi connectivity index (χ1v) is 11.4. The first-order chi connectivity index (χ1) is 13.3. The molecule has 2 N–H and O–H groups in total. The fourth-order valence-corrected chi connectivity index (χ4v) is 3.71. The van der Waals surface area contributed by atoms with Crippen LogP contribution in [-0.4, -0.2) is 24.2 Å². The molecule has 0 aliphatic rings. The molecule has 7 heteroatoms. The topological polar surface area (TPSA) is 68.2 Å². The van der Waals surface area contributed by atoms with E-state index in [1.807, 2.05) is 53.7 Å². The van der Waals surface area contributed by atoms with Crippen LogP contribution in [0.25, 0.3) is 11.1 Å². The Hall–Kier alpha value is -1.68. The number of benzene rings is 2. The summed E-state index contributed by atoms with van der Waals surface area (Å²) in [7, 11) is 0.970. The third-order valence-electron chi connectivity index (χ3n) is 4.69. The van der Waals surface area contributed by atoms with Gasteiger partial charge in [0.05, 0.1) is 14.2 Å². The first-order valence-electron chi connectivity index (χ1n) is 9.26. The average molecular weight is 441 g/mol. The van der Waals surface area contributed by atoms with Gasteiger partial charge < -0.3 is 24.0 Å². The molecule has 1 unspecified atom stereocenters. The van der Waals surface area contributed by atoms with Crippen LogP contribution in [0.1, 0.15) is 52.7 Å². The molecule has 0 heterocycles. The highest BCUT2D eigenvalue weighted by Crippen LogP contribution is 2.52. The van der Waals surface area contributed by atoms with Gasteiger partial charge in [0.25, 0.3) is 0 Å². The van der Waals surface area contributed by atoms with E-state index in [4.69, 9.17) is 25.2 Å². The van der Waals surface area contributed by atoms with E-state index in [-0.39, 0.29) is 16.6 Å².